The van der Waals surface area contributed by atoms with Crippen LogP contribution in [0.2, 0.25) is 0 Å². The number of nitrogens with zero attached hydrogens (tertiary/aromatic N) is 2. The number of anilines is 1. The van der Waals surface area contributed by atoms with Crippen LogP contribution in [0.1, 0.15) is 38.3 Å². The summed E-state index contributed by atoms with van der Waals surface area (Å²) in [5.74, 6) is 1.41. The Bertz CT molecular complexity index is 445. The fourth-order valence-corrected chi connectivity index (χ4v) is 2.48. The Balaban J connectivity index is 2.12. The van der Waals surface area contributed by atoms with Crippen molar-refractivity contribution in [3.8, 4) is 6.07 Å². The second-order valence-corrected chi connectivity index (χ2v) is 5.27. The number of aliphatic hydroxyl groups is 1. The van der Waals surface area contributed by atoms with E-state index in [1.54, 1.807) is 6.07 Å². The number of pyridine rings is 1. The van der Waals surface area contributed by atoms with Crippen molar-refractivity contribution in [1.82, 2.24) is 4.98 Å². The van der Waals surface area contributed by atoms with Crippen molar-refractivity contribution in [2.45, 2.75) is 38.1 Å². The molecule has 96 valence electrons. The Hall–Kier alpha value is -1.60. The third kappa shape index (κ3) is 2.80. The number of nitrogens with one attached hydrogen (secondary N) is 1. The van der Waals surface area contributed by atoms with E-state index in [4.69, 9.17) is 5.26 Å². The van der Waals surface area contributed by atoms with Gasteiger partial charge in [0, 0.05) is 0 Å². The second-order valence-electron chi connectivity index (χ2n) is 5.27. The molecule has 1 aliphatic carbocycles. The van der Waals surface area contributed by atoms with Crippen molar-refractivity contribution >= 4 is 5.82 Å². The first-order valence-corrected chi connectivity index (χ1v) is 6.44. The summed E-state index contributed by atoms with van der Waals surface area (Å²) in [5.41, 5.74) is 0.130. The molecule has 0 radical (unpaired) electrons. The van der Waals surface area contributed by atoms with Gasteiger partial charge in [0.05, 0.1) is 12.1 Å². The largest absolute Gasteiger partial charge is 0.394 e. The van der Waals surface area contributed by atoms with E-state index >= 15 is 0 Å². The third-order valence-corrected chi connectivity index (χ3v) is 3.79. The summed E-state index contributed by atoms with van der Waals surface area (Å²) in [4.78, 5) is 4.21. The van der Waals surface area contributed by atoms with Crippen LogP contribution in [0, 0.1) is 17.2 Å². The molecular formula is C14H19N3O. The Labute approximate surface area is 108 Å². The van der Waals surface area contributed by atoms with Gasteiger partial charge in [-0.3, -0.25) is 0 Å². The van der Waals surface area contributed by atoms with Gasteiger partial charge in [0.1, 0.15) is 17.6 Å². The molecule has 4 nitrogen and oxygen atoms in total. The van der Waals surface area contributed by atoms with Crippen LogP contribution in [-0.4, -0.2) is 22.2 Å². The van der Waals surface area contributed by atoms with Crippen LogP contribution in [0.25, 0.3) is 0 Å². The van der Waals surface area contributed by atoms with Crippen LogP contribution >= 0.6 is 0 Å². The number of rotatable bonds is 3. The number of aromatic nitrogens is 1. The fraction of sp³-hybridized carbons (Fsp3) is 0.571. The molecule has 0 spiro atoms. The molecule has 0 saturated heterocycles. The highest BCUT2D eigenvalue weighted by Crippen LogP contribution is 2.33. The average Bonchev–Trinajstić information content (AvgIpc) is 2.42. The molecule has 2 N–H and O–H groups in total. The number of hydrogen-bond donors (Lipinski definition) is 2. The lowest BCUT2D eigenvalue weighted by Gasteiger charge is -2.39. The van der Waals surface area contributed by atoms with Gasteiger partial charge in [0.15, 0.2) is 0 Å². The van der Waals surface area contributed by atoms with Gasteiger partial charge in [0.25, 0.3) is 0 Å². The highest BCUT2D eigenvalue weighted by Gasteiger charge is 2.33. The molecule has 1 fully saturated rings. The number of hydrogen-bond acceptors (Lipinski definition) is 4. The van der Waals surface area contributed by atoms with Gasteiger partial charge >= 0.3 is 0 Å². The maximum Gasteiger partial charge on any atom is 0.142 e. The van der Waals surface area contributed by atoms with E-state index in [1.807, 2.05) is 18.2 Å². The molecule has 18 heavy (non-hydrogen) atoms. The normalized spacial score (nSPS) is 27.5. The van der Waals surface area contributed by atoms with E-state index in [-0.39, 0.29) is 12.1 Å². The van der Waals surface area contributed by atoms with Crippen LogP contribution < -0.4 is 5.32 Å². The zero-order chi connectivity index (χ0) is 13.0. The Morgan fingerprint density at radius 3 is 2.83 bits per heavy atom. The topological polar surface area (TPSA) is 68.9 Å². The molecular weight excluding hydrogens is 226 g/mol. The predicted octanol–water partition coefficient (Wildman–Crippen LogP) is 2.31. The molecule has 0 aliphatic heterocycles. The molecule has 4 heteroatoms. The minimum Gasteiger partial charge on any atom is -0.394 e. The van der Waals surface area contributed by atoms with Gasteiger partial charge in [-0.05, 0) is 43.7 Å². The van der Waals surface area contributed by atoms with Gasteiger partial charge in [-0.25, -0.2) is 4.98 Å². The summed E-state index contributed by atoms with van der Waals surface area (Å²) in [6, 6.07) is 7.36. The fourth-order valence-electron chi connectivity index (χ4n) is 2.48. The smallest absolute Gasteiger partial charge is 0.142 e. The van der Waals surface area contributed by atoms with Crippen LogP contribution in [0.5, 0.6) is 0 Å². The van der Waals surface area contributed by atoms with Crippen molar-refractivity contribution < 1.29 is 5.11 Å². The molecule has 0 bridgehead atoms. The third-order valence-electron chi connectivity index (χ3n) is 3.79. The van der Waals surface area contributed by atoms with E-state index < -0.39 is 0 Å². The minimum atomic E-state index is -0.270. The quantitative estimate of drug-likeness (QED) is 0.857. The molecule has 1 saturated carbocycles. The molecule has 1 aliphatic rings. The molecule has 1 aromatic heterocycles. The molecule has 0 atom stereocenters. The van der Waals surface area contributed by atoms with Gasteiger partial charge in [0.2, 0.25) is 0 Å². The van der Waals surface area contributed by atoms with Crippen molar-refractivity contribution in [3.63, 3.8) is 0 Å². The van der Waals surface area contributed by atoms with Crippen LogP contribution in [0.4, 0.5) is 5.82 Å². The van der Waals surface area contributed by atoms with Crippen molar-refractivity contribution in [2.24, 2.45) is 5.92 Å². The summed E-state index contributed by atoms with van der Waals surface area (Å²) >= 11 is 0. The Kier molecular flexibility index (Phi) is 3.83. The zero-order valence-electron chi connectivity index (χ0n) is 10.7. The lowest BCUT2D eigenvalue weighted by Crippen LogP contribution is -2.45. The molecule has 1 heterocycles. The highest BCUT2D eigenvalue weighted by atomic mass is 16.3. The monoisotopic (exact) mass is 245 g/mol. The Morgan fingerprint density at radius 2 is 2.22 bits per heavy atom. The van der Waals surface area contributed by atoms with E-state index in [0.717, 1.165) is 31.6 Å². The first-order chi connectivity index (χ1) is 8.67. The molecule has 0 unspecified atom stereocenters. The van der Waals surface area contributed by atoms with E-state index in [9.17, 15) is 5.11 Å². The van der Waals surface area contributed by atoms with Crippen LogP contribution in [0.15, 0.2) is 18.2 Å². The summed E-state index contributed by atoms with van der Waals surface area (Å²) in [6.45, 7) is 2.36. The summed E-state index contributed by atoms with van der Waals surface area (Å²) in [5, 5.41) is 21.8. The minimum absolute atomic E-state index is 0.109. The zero-order valence-corrected chi connectivity index (χ0v) is 10.7. The SMILES string of the molecule is CC1CCC(CO)(Nc2cccc(C#N)n2)CC1. The average molecular weight is 245 g/mol. The van der Waals surface area contributed by atoms with E-state index in [1.165, 1.54) is 0 Å². The number of aliphatic hydroxyl groups excluding tert-OH is 1. The Morgan fingerprint density at radius 1 is 1.50 bits per heavy atom. The van der Waals surface area contributed by atoms with Gasteiger partial charge in [-0.1, -0.05) is 13.0 Å². The van der Waals surface area contributed by atoms with Gasteiger partial charge in [-0.2, -0.15) is 5.26 Å². The van der Waals surface area contributed by atoms with E-state index in [2.05, 4.69) is 17.2 Å². The maximum atomic E-state index is 9.66. The molecule has 1 aromatic rings. The van der Waals surface area contributed by atoms with Gasteiger partial charge in [-0.15, -0.1) is 0 Å². The lowest BCUT2D eigenvalue weighted by molar-refractivity contribution is 0.155. The standard InChI is InChI=1S/C14H19N3O/c1-11-5-7-14(10-18,8-6-11)17-13-4-2-3-12(9-15)16-13/h2-4,11,18H,5-8,10H2,1H3,(H,16,17). The van der Waals surface area contributed by atoms with Gasteiger partial charge < -0.3 is 10.4 Å². The molecule has 2 rings (SSSR count). The summed E-state index contributed by atoms with van der Waals surface area (Å²) < 4.78 is 0. The number of nitriles is 1. The predicted molar refractivity (Wildman–Crippen MR) is 70.0 cm³/mol. The maximum absolute atomic E-state index is 9.66. The molecule has 0 amide bonds. The first-order valence-electron chi connectivity index (χ1n) is 6.44. The summed E-state index contributed by atoms with van der Waals surface area (Å²) in [7, 11) is 0. The highest BCUT2D eigenvalue weighted by molar-refractivity contribution is 5.41. The van der Waals surface area contributed by atoms with Crippen molar-refractivity contribution in [1.29, 1.82) is 5.26 Å². The van der Waals surface area contributed by atoms with Crippen LogP contribution in [-0.2, 0) is 0 Å². The van der Waals surface area contributed by atoms with E-state index in [0.29, 0.717) is 11.5 Å². The second kappa shape index (κ2) is 5.36. The first kappa shape index (κ1) is 12.8. The van der Waals surface area contributed by atoms with Crippen molar-refractivity contribution in [2.75, 3.05) is 11.9 Å². The lowest BCUT2D eigenvalue weighted by atomic mass is 9.77. The summed E-state index contributed by atoms with van der Waals surface area (Å²) in [6.07, 6.45) is 4.13. The van der Waals surface area contributed by atoms with Crippen molar-refractivity contribution in [3.05, 3.63) is 23.9 Å². The van der Waals surface area contributed by atoms with Crippen LogP contribution in [0.3, 0.4) is 0 Å². The molecule has 0 aromatic carbocycles.